The number of phosphoric acid groups is 1. The van der Waals surface area contributed by atoms with Crippen LogP contribution in [-0.2, 0) is 37.0 Å². The predicted octanol–water partition coefficient (Wildman–Crippen LogP) is 2.80. The largest absolute Gasteiger partial charge is 0.472 e. The van der Waals surface area contributed by atoms with Crippen LogP contribution in [0.1, 0.15) is 46.5 Å². The highest BCUT2D eigenvalue weighted by atomic mass is 31.2. The number of carbonyl (C=O) groups excluding carboxylic acids is 1. The van der Waals surface area contributed by atoms with Gasteiger partial charge in [-0.05, 0) is 19.8 Å². The minimum Gasteiger partial charge on any atom is -0.369 e. The second kappa shape index (κ2) is 12.6. The van der Waals surface area contributed by atoms with Crippen LogP contribution in [0.2, 0.25) is 0 Å². The quantitative estimate of drug-likeness (QED) is 0.233. The highest BCUT2D eigenvalue weighted by molar-refractivity contribution is 7.52. The van der Waals surface area contributed by atoms with Crippen LogP contribution in [0.15, 0.2) is 24.2 Å². The molecule has 0 bridgehead atoms. The first-order valence-electron chi connectivity index (χ1n) is 10.8. The molecule has 0 saturated carbocycles. The van der Waals surface area contributed by atoms with E-state index in [-0.39, 0.29) is 24.8 Å². The van der Waals surface area contributed by atoms with Gasteiger partial charge in [-0.15, -0.1) is 0 Å². The molecule has 190 valence electrons. The van der Waals surface area contributed by atoms with Crippen molar-refractivity contribution in [2.45, 2.75) is 64.9 Å². The van der Waals surface area contributed by atoms with Crippen molar-refractivity contribution in [1.82, 2.24) is 10.2 Å². The topological polar surface area (TPSA) is 153 Å². The van der Waals surface area contributed by atoms with E-state index in [9.17, 15) is 23.7 Å². The molecule has 2 heterocycles. The molecular formula is C19H34N2O10P2. The first-order valence-corrected chi connectivity index (χ1v) is 14.1. The van der Waals surface area contributed by atoms with Crippen LogP contribution >= 0.6 is 15.4 Å². The molecule has 1 fully saturated rings. The molecule has 1 amide bonds. The van der Waals surface area contributed by atoms with Gasteiger partial charge in [0.15, 0.2) is 0 Å². The molecule has 14 heteroatoms. The van der Waals surface area contributed by atoms with Crippen LogP contribution in [0, 0.1) is 0 Å². The molecule has 1 saturated heterocycles. The molecule has 2 aliphatic heterocycles. The molecule has 5 atom stereocenters. The molecule has 0 spiro atoms. The third-order valence-corrected chi connectivity index (χ3v) is 6.92. The Hall–Kier alpha value is -1.07. The molecule has 0 aromatic carbocycles. The zero-order chi connectivity index (χ0) is 24.6. The van der Waals surface area contributed by atoms with Crippen LogP contribution in [0.5, 0.6) is 0 Å². The molecule has 12 nitrogen and oxygen atoms in total. The first-order chi connectivity index (χ1) is 15.5. The second-order valence-electron chi connectivity index (χ2n) is 7.75. The number of hydrogen-bond acceptors (Lipinski definition) is 9. The summed E-state index contributed by atoms with van der Waals surface area (Å²) in [5, 5.41) is 2.60. The Labute approximate surface area is 194 Å². The summed E-state index contributed by atoms with van der Waals surface area (Å²) in [6.45, 7) is 9.13. The average molecular weight is 512 g/mol. The van der Waals surface area contributed by atoms with Gasteiger partial charge < -0.3 is 34.0 Å². The summed E-state index contributed by atoms with van der Waals surface area (Å²) in [7, 11) is -8.49. The van der Waals surface area contributed by atoms with E-state index in [4.69, 9.17) is 23.0 Å². The lowest BCUT2D eigenvalue weighted by molar-refractivity contribution is -0.118. The summed E-state index contributed by atoms with van der Waals surface area (Å²) in [4.78, 5) is 33.5. The molecule has 0 aromatic heterocycles. The van der Waals surface area contributed by atoms with E-state index in [1.165, 1.54) is 6.20 Å². The molecule has 0 aliphatic carbocycles. The van der Waals surface area contributed by atoms with Gasteiger partial charge in [0.1, 0.15) is 30.6 Å². The summed E-state index contributed by atoms with van der Waals surface area (Å²) in [6, 6.07) is 0. The maximum absolute atomic E-state index is 12.4. The summed E-state index contributed by atoms with van der Waals surface area (Å²) in [5.74, 6) is -0.0532. The lowest BCUT2D eigenvalue weighted by Crippen LogP contribution is -2.42. The van der Waals surface area contributed by atoms with Gasteiger partial charge in [-0.3, -0.25) is 18.4 Å². The number of hydrogen-bond donors (Lipinski definition) is 3. The van der Waals surface area contributed by atoms with Crippen LogP contribution in [0.4, 0.5) is 0 Å². The maximum atomic E-state index is 12.4. The fourth-order valence-electron chi connectivity index (χ4n) is 3.11. The molecule has 2 aliphatic rings. The van der Waals surface area contributed by atoms with Crippen molar-refractivity contribution in [2.24, 2.45) is 0 Å². The van der Waals surface area contributed by atoms with Crippen molar-refractivity contribution < 1.29 is 46.8 Å². The third-order valence-electron chi connectivity index (χ3n) is 4.82. The number of rotatable bonds is 14. The Balaban J connectivity index is 2.11. The predicted molar refractivity (Wildman–Crippen MR) is 119 cm³/mol. The SMILES string of the molecule is C=C1NC(=O)C(C)=CN1[C@H]1CC(OP(=O)(O)OCCCC)[C@@H](COP(=O)(O)COCCC)O1. The normalized spacial score (nSPS) is 27.1. The fraction of sp³-hybridized carbons (Fsp3) is 0.737. The van der Waals surface area contributed by atoms with Crippen LogP contribution in [-0.4, -0.2) is 65.2 Å². The number of unbranched alkanes of at least 4 members (excludes halogenated alkanes) is 1. The van der Waals surface area contributed by atoms with E-state index in [2.05, 4.69) is 11.9 Å². The standard InChI is InChI=1S/C19H34N2O10P2/c1-5-7-9-28-33(25,26)31-16-10-18(21-11-14(3)19(22)20-15(21)4)30-17(16)12-29-32(23,24)13-27-8-6-2/h11,16-18H,4-10,12-13H2,1-3H3,(H,20,22)(H,23,24)(H,25,26)/t16?,17-,18-/m1/s1. The van der Waals surface area contributed by atoms with E-state index < -0.39 is 46.8 Å². The van der Waals surface area contributed by atoms with Gasteiger partial charge in [0.25, 0.3) is 5.91 Å². The molecular weight excluding hydrogens is 478 g/mol. The number of carbonyl (C=O) groups is 1. The van der Waals surface area contributed by atoms with E-state index in [1.54, 1.807) is 11.8 Å². The van der Waals surface area contributed by atoms with E-state index in [1.807, 2.05) is 13.8 Å². The highest BCUT2D eigenvalue weighted by Gasteiger charge is 2.44. The van der Waals surface area contributed by atoms with Crippen LogP contribution < -0.4 is 5.32 Å². The third kappa shape index (κ3) is 8.90. The van der Waals surface area contributed by atoms with Crippen molar-refractivity contribution in [3.63, 3.8) is 0 Å². The van der Waals surface area contributed by atoms with Gasteiger partial charge in [0, 0.05) is 24.8 Å². The van der Waals surface area contributed by atoms with Gasteiger partial charge in [-0.1, -0.05) is 26.8 Å². The van der Waals surface area contributed by atoms with E-state index in [0.717, 1.165) is 6.42 Å². The summed E-state index contributed by atoms with van der Waals surface area (Å²) in [6.07, 6.45) is 0.442. The van der Waals surface area contributed by atoms with Gasteiger partial charge in [-0.2, -0.15) is 0 Å². The molecule has 0 aromatic rings. The summed E-state index contributed by atoms with van der Waals surface area (Å²) in [5.41, 5.74) is 0.409. The second-order valence-corrected chi connectivity index (χ2v) is 11.0. The van der Waals surface area contributed by atoms with E-state index >= 15 is 0 Å². The van der Waals surface area contributed by atoms with E-state index in [0.29, 0.717) is 25.0 Å². The van der Waals surface area contributed by atoms with Gasteiger partial charge in [0.2, 0.25) is 0 Å². The van der Waals surface area contributed by atoms with Crippen molar-refractivity contribution in [3.8, 4) is 0 Å². The lowest BCUT2D eigenvalue weighted by Gasteiger charge is -2.32. The number of phosphoric ester groups is 1. The number of ether oxygens (including phenoxy) is 2. The van der Waals surface area contributed by atoms with Crippen LogP contribution in [0.3, 0.4) is 0 Å². The average Bonchev–Trinajstić information content (AvgIpc) is 3.11. The Morgan fingerprint density at radius 2 is 1.97 bits per heavy atom. The zero-order valence-electron chi connectivity index (χ0n) is 19.2. The minimum absolute atomic E-state index is 0.0416. The van der Waals surface area contributed by atoms with Gasteiger partial charge in [0.05, 0.1) is 13.2 Å². The van der Waals surface area contributed by atoms with Crippen molar-refractivity contribution in [1.29, 1.82) is 0 Å². The Morgan fingerprint density at radius 3 is 2.64 bits per heavy atom. The Morgan fingerprint density at radius 1 is 1.24 bits per heavy atom. The molecule has 0 radical (unpaired) electrons. The molecule has 3 unspecified atom stereocenters. The van der Waals surface area contributed by atoms with Gasteiger partial charge in [-0.25, -0.2) is 4.57 Å². The Kier molecular flexibility index (Phi) is 10.7. The summed E-state index contributed by atoms with van der Waals surface area (Å²) < 4.78 is 51.1. The summed E-state index contributed by atoms with van der Waals surface area (Å²) >= 11 is 0. The van der Waals surface area contributed by atoms with Crippen molar-refractivity contribution in [3.05, 3.63) is 24.2 Å². The van der Waals surface area contributed by atoms with Gasteiger partial charge >= 0.3 is 15.4 Å². The highest BCUT2D eigenvalue weighted by Crippen LogP contribution is 2.49. The number of amides is 1. The smallest absolute Gasteiger partial charge is 0.369 e. The fourth-order valence-corrected chi connectivity index (χ4v) is 4.90. The monoisotopic (exact) mass is 512 g/mol. The first kappa shape index (κ1) is 28.2. The molecule has 2 rings (SSSR count). The Bertz CT molecular complexity index is 820. The molecule has 3 N–H and O–H groups in total. The van der Waals surface area contributed by atoms with Crippen LogP contribution in [0.25, 0.3) is 0 Å². The maximum Gasteiger partial charge on any atom is 0.472 e. The van der Waals surface area contributed by atoms with Crippen molar-refractivity contribution >= 4 is 21.3 Å². The number of nitrogens with zero attached hydrogens (tertiary/aromatic N) is 1. The molecule has 33 heavy (non-hydrogen) atoms. The minimum atomic E-state index is -4.42. The van der Waals surface area contributed by atoms with Crippen molar-refractivity contribution in [2.75, 3.05) is 26.2 Å². The lowest BCUT2D eigenvalue weighted by atomic mass is 10.1. The number of nitrogens with one attached hydrogen (secondary N) is 1. The zero-order valence-corrected chi connectivity index (χ0v) is 21.0.